The minimum absolute atomic E-state index is 0.0803. The molecule has 1 aromatic carbocycles. The number of nitrogens with zero attached hydrogens (tertiary/aromatic N) is 2. The molecule has 0 unspecified atom stereocenters. The Labute approximate surface area is 162 Å². The molecule has 3 rings (SSSR count). The van der Waals surface area contributed by atoms with Gasteiger partial charge in [-0.05, 0) is 31.5 Å². The fourth-order valence-corrected chi connectivity index (χ4v) is 2.85. The third-order valence-electron chi connectivity index (χ3n) is 4.39. The second-order valence-corrected chi connectivity index (χ2v) is 6.58. The van der Waals surface area contributed by atoms with Gasteiger partial charge >= 0.3 is 5.97 Å². The van der Waals surface area contributed by atoms with Crippen molar-refractivity contribution in [2.75, 3.05) is 7.11 Å². The van der Waals surface area contributed by atoms with Gasteiger partial charge in [-0.3, -0.25) is 9.59 Å². The molecule has 28 heavy (non-hydrogen) atoms. The van der Waals surface area contributed by atoms with Gasteiger partial charge in [0.2, 0.25) is 11.3 Å². The summed E-state index contributed by atoms with van der Waals surface area (Å²) in [4.78, 5) is 41.4. The van der Waals surface area contributed by atoms with E-state index in [9.17, 15) is 14.4 Å². The van der Waals surface area contributed by atoms with Gasteiger partial charge in [-0.25, -0.2) is 9.78 Å². The van der Waals surface area contributed by atoms with E-state index in [1.807, 2.05) is 31.2 Å². The van der Waals surface area contributed by atoms with Crippen LogP contribution < -0.4 is 10.7 Å². The quantitative estimate of drug-likeness (QED) is 0.686. The predicted octanol–water partition coefficient (Wildman–Crippen LogP) is 2.12. The van der Waals surface area contributed by atoms with E-state index in [0.717, 1.165) is 11.1 Å². The second kappa shape index (κ2) is 8.04. The lowest BCUT2D eigenvalue weighted by atomic mass is 10.1. The van der Waals surface area contributed by atoms with Gasteiger partial charge in [-0.1, -0.05) is 29.8 Å². The first-order valence-corrected chi connectivity index (χ1v) is 8.80. The zero-order valence-electron chi connectivity index (χ0n) is 16.0. The molecule has 0 aliphatic rings. The van der Waals surface area contributed by atoms with Crippen molar-refractivity contribution in [3.63, 3.8) is 0 Å². The van der Waals surface area contributed by atoms with Crippen molar-refractivity contribution < 1.29 is 14.3 Å². The Bertz CT molecular complexity index is 1100. The molecule has 7 heteroatoms. The Kier molecular flexibility index (Phi) is 5.54. The van der Waals surface area contributed by atoms with Crippen molar-refractivity contribution in [1.82, 2.24) is 14.9 Å². The Morgan fingerprint density at radius 3 is 2.50 bits per heavy atom. The van der Waals surface area contributed by atoms with Crippen LogP contribution in [0.1, 0.15) is 27.2 Å². The Morgan fingerprint density at radius 1 is 1.11 bits per heavy atom. The number of benzene rings is 1. The molecule has 1 amide bonds. The minimum atomic E-state index is -0.749. The molecule has 0 fully saturated rings. The largest absolute Gasteiger partial charge is 0.465 e. The highest BCUT2D eigenvalue weighted by atomic mass is 16.5. The van der Waals surface area contributed by atoms with Crippen LogP contribution in [0.25, 0.3) is 11.0 Å². The Morgan fingerprint density at radius 2 is 1.82 bits per heavy atom. The van der Waals surface area contributed by atoms with Crippen molar-refractivity contribution in [2.45, 2.75) is 26.9 Å². The molecule has 0 saturated carbocycles. The third kappa shape index (κ3) is 4.09. The SMILES string of the molecule is COC(=O)c1cn(CC(=O)NCc2ccc(C)cc2)c2nc(C)ccc2c1=O. The number of nitrogens with one attached hydrogen (secondary N) is 1. The van der Waals surface area contributed by atoms with Gasteiger partial charge in [-0.15, -0.1) is 0 Å². The second-order valence-electron chi connectivity index (χ2n) is 6.58. The number of aromatic nitrogens is 2. The van der Waals surface area contributed by atoms with E-state index in [4.69, 9.17) is 4.74 Å². The van der Waals surface area contributed by atoms with Crippen LogP contribution in [0.3, 0.4) is 0 Å². The lowest BCUT2D eigenvalue weighted by molar-refractivity contribution is -0.121. The van der Waals surface area contributed by atoms with Crippen molar-refractivity contribution in [2.24, 2.45) is 0 Å². The standard InChI is InChI=1S/C21H21N3O4/c1-13-4-7-15(8-5-13)10-22-18(25)12-24-11-17(21(27)28-3)19(26)16-9-6-14(2)23-20(16)24/h4-9,11H,10,12H2,1-3H3,(H,22,25). The Hall–Kier alpha value is -3.48. The van der Waals surface area contributed by atoms with Crippen LogP contribution in [0.5, 0.6) is 0 Å². The maximum Gasteiger partial charge on any atom is 0.343 e. The summed E-state index contributed by atoms with van der Waals surface area (Å²) in [6.07, 6.45) is 1.33. The molecular weight excluding hydrogens is 358 g/mol. The van der Waals surface area contributed by atoms with Crippen LogP contribution in [0.15, 0.2) is 47.4 Å². The van der Waals surface area contributed by atoms with Crippen LogP contribution in [0.2, 0.25) is 0 Å². The molecule has 0 spiro atoms. The first-order chi connectivity index (χ1) is 13.4. The molecule has 2 heterocycles. The Balaban J connectivity index is 1.90. The number of rotatable bonds is 5. The van der Waals surface area contributed by atoms with E-state index in [0.29, 0.717) is 17.9 Å². The first kappa shape index (κ1) is 19.3. The van der Waals surface area contributed by atoms with Gasteiger partial charge in [0.15, 0.2) is 0 Å². The molecule has 7 nitrogen and oxygen atoms in total. The lowest BCUT2D eigenvalue weighted by Crippen LogP contribution is -2.29. The van der Waals surface area contributed by atoms with Crippen LogP contribution in [-0.2, 0) is 22.6 Å². The molecule has 0 radical (unpaired) electrons. The summed E-state index contributed by atoms with van der Waals surface area (Å²) < 4.78 is 6.19. The third-order valence-corrected chi connectivity index (χ3v) is 4.39. The fraction of sp³-hybridized carbons (Fsp3) is 0.238. The minimum Gasteiger partial charge on any atom is -0.465 e. The zero-order valence-corrected chi connectivity index (χ0v) is 16.0. The van der Waals surface area contributed by atoms with Crippen molar-refractivity contribution >= 4 is 22.9 Å². The number of hydrogen-bond donors (Lipinski definition) is 1. The smallest absolute Gasteiger partial charge is 0.343 e. The van der Waals surface area contributed by atoms with E-state index >= 15 is 0 Å². The van der Waals surface area contributed by atoms with Gasteiger partial charge < -0.3 is 14.6 Å². The fourth-order valence-electron chi connectivity index (χ4n) is 2.85. The van der Waals surface area contributed by atoms with E-state index in [1.54, 1.807) is 19.1 Å². The maximum absolute atomic E-state index is 12.6. The topological polar surface area (TPSA) is 90.3 Å². The monoisotopic (exact) mass is 379 g/mol. The summed E-state index contributed by atoms with van der Waals surface area (Å²) >= 11 is 0. The zero-order chi connectivity index (χ0) is 20.3. The number of aryl methyl sites for hydroxylation is 2. The number of esters is 1. The van der Waals surface area contributed by atoms with Crippen molar-refractivity contribution in [3.8, 4) is 0 Å². The highest BCUT2D eigenvalue weighted by Gasteiger charge is 2.18. The average Bonchev–Trinajstić information content (AvgIpc) is 2.69. The summed E-state index contributed by atoms with van der Waals surface area (Å²) in [5.41, 5.74) is 2.58. The highest BCUT2D eigenvalue weighted by molar-refractivity contribution is 5.93. The predicted molar refractivity (Wildman–Crippen MR) is 105 cm³/mol. The van der Waals surface area contributed by atoms with Crippen molar-refractivity contribution in [1.29, 1.82) is 0 Å². The average molecular weight is 379 g/mol. The number of ether oxygens (including phenoxy) is 1. The van der Waals surface area contributed by atoms with Crippen LogP contribution in [-0.4, -0.2) is 28.5 Å². The summed E-state index contributed by atoms with van der Waals surface area (Å²) in [7, 11) is 1.21. The molecule has 1 N–H and O–H groups in total. The molecule has 0 aliphatic heterocycles. The normalized spacial score (nSPS) is 10.7. The molecule has 3 aromatic rings. The number of carbonyl (C=O) groups is 2. The number of pyridine rings is 2. The number of fused-ring (bicyclic) bond motifs is 1. The molecule has 0 aliphatic carbocycles. The van der Waals surface area contributed by atoms with Crippen LogP contribution in [0, 0.1) is 13.8 Å². The summed E-state index contributed by atoms with van der Waals surface area (Å²) in [6.45, 7) is 4.09. The van der Waals surface area contributed by atoms with E-state index < -0.39 is 11.4 Å². The first-order valence-electron chi connectivity index (χ1n) is 8.80. The summed E-state index contributed by atoms with van der Waals surface area (Å²) in [6, 6.07) is 11.1. The maximum atomic E-state index is 12.6. The van der Waals surface area contributed by atoms with Crippen LogP contribution in [0.4, 0.5) is 0 Å². The van der Waals surface area contributed by atoms with Gasteiger partial charge in [0.25, 0.3) is 0 Å². The number of methoxy groups -OCH3 is 1. The van der Waals surface area contributed by atoms with Gasteiger partial charge in [-0.2, -0.15) is 0 Å². The van der Waals surface area contributed by atoms with E-state index in [1.165, 1.54) is 17.9 Å². The molecule has 0 bridgehead atoms. The van der Waals surface area contributed by atoms with Gasteiger partial charge in [0, 0.05) is 18.4 Å². The number of carbonyl (C=O) groups excluding carboxylic acids is 2. The van der Waals surface area contributed by atoms with Crippen molar-refractivity contribution in [3.05, 3.63) is 75.2 Å². The molecule has 0 saturated heterocycles. The highest BCUT2D eigenvalue weighted by Crippen LogP contribution is 2.12. The lowest BCUT2D eigenvalue weighted by Gasteiger charge is -2.13. The van der Waals surface area contributed by atoms with Crippen LogP contribution >= 0.6 is 0 Å². The number of amides is 1. The molecular formula is C21H21N3O4. The van der Waals surface area contributed by atoms with Gasteiger partial charge in [0.1, 0.15) is 17.8 Å². The van der Waals surface area contributed by atoms with E-state index in [-0.39, 0.29) is 23.4 Å². The number of hydrogen-bond acceptors (Lipinski definition) is 5. The summed E-state index contributed by atoms with van der Waals surface area (Å²) in [5, 5.41) is 3.11. The molecule has 0 atom stereocenters. The van der Waals surface area contributed by atoms with Gasteiger partial charge in [0.05, 0.1) is 12.5 Å². The van der Waals surface area contributed by atoms with E-state index in [2.05, 4.69) is 10.3 Å². The molecule has 2 aromatic heterocycles. The summed E-state index contributed by atoms with van der Waals surface area (Å²) in [5.74, 6) is -1.01. The molecule has 144 valence electrons.